The molecular formula is C11H17NO3. The summed E-state index contributed by atoms with van der Waals surface area (Å²) in [5.41, 5.74) is -0.222. The maximum absolute atomic E-state index is 11.5. The number of amides is 2. The molecule has 1 unspecified atom stereocenters. The summed E-state index contributed by atoms with van der Waals surface area (Å²) in [5.74, 6) is -0.568. The summed E-state index contributed by atoms with van der Waals surface area (Å²) in [5, 5.41) is 8.96. The van der Waals surface area contributed by atoms with Gasteiger partial charge in [0.2, 0.25) is 0 Å². The molecule has 0 fully saturated rings. The third kappa shape index (κ3) is 2.45. The van der Waals surface area contributed by atoms with E-state index in [0.29, 0.717) is 6.42 Å². The van der Waals surface area contributed by atoms with Crippen molar-refractivity contribution in [2.75, 3.05) is 6.61 Å². The highest BCUT2D eigenvalue weighted by molar-refractivity contribution is 6.13. The van der Waals surface area contributed by atoms with Gasteiger partial charge in [0.05, 0.1) is 0 Å². The molecule has 0 aromatic heterocycles. The molecule has 1 aliphatic heterocycles. The average Bonchev–Trinajstić information content (AvgIpc) is 2.41. The van der Waals surface area contributed by atoms with Gasteiger partial charge in [-0.3, -0.25) is 14.5 Å². The van der Waals surface area contributed by atoms with Gasteiger partial charge in [-0.05, 0) is 11.8 Å². The van der Waals surface area contributed by atoms with Crippen LogP contribution in [-0.2, 0) is 9.59 Å². The summed E-state index contributed by atoms with van der Waals surface area (Å²) in [7, 11) is 0. The zero-order valence-corrected chi connectivity index (χ0v) is 9.36. The summed E-state index contributed by atoms with van der Waals surface area (Å²) in [4.78, 5) is 24.2. The van der Waals surface area contributed by atoms with Crippen molar-refractivity contribution in [1.29, 1.82) is 0 Å². The van der Waals surface area contributed by atoms with Crippen molar-refractivity contribution in [1.82, 2.24) is 4.90 Å². The van der Waals surface area contributed by atoms with Crippen LogP contribution in [0.4, 0.5) is 0 Å². The second-order valence-corrected chi connectivity index (χ2v) is 4.77. The van der Waals surface area contributed by atoms with Gasteiger partial charge in [0, 0.05) is 24.8 Å². The molecule has 15 heavy (non-hydrogen) atoms. The summed E-state index contributed by atoms with van der Waals surface area (Å²) in [6.45, 7) is 5.82. The van der Waals surface area contributed by atoms with Crippen LogP contribution in [0.5, 0.6) is 0 Å². The third-order valence-corrected chi connectivity index (χ3v) is 2.56. The second kappa shape index (κ2) is 4.14. The van der Waals surface area contributed by atoms with Crippen molar-refractivity contribution < 1.29 is 14.7 Å². The van der Waals surface area contributed by atoms with Crippen LogP contribution in [0.25, 0.3) is 0 Å². The molecule has 0 bridgehead atoms. The van der Waals surface area contributed by atoms with Gasteiger partial charge in [-0.15, -0.1) is 0 Å². The second-order valence-electron chi connectivity index (χ2n) is 4.77. The topological polar surface area (TPSA) is 57.6 Å². The fourth-order valence-corrected chi connectivity index (χ4v) is 1.79. The Labute approximate surface area is 89.6 Å². The average molecular weight is 211 g/mol. The molecule has 0 radical (unpaired) electrons. The molecule has 0 saturated carbocycles. The molecule has 0 aliphatic carbocycles. The van der Waals surface area contributed by atoms with Crippen molar-refractivity contribution in [2.24, 2.45) is 5.41 Å². The van der Waals surface area contributed by atoms with E-state index < -0.39 is 0 Å². The minimum absolute atomic E-state index is 0.0288. The zero-order valence-electron chi connectivity index (χ0n) is 9.36. The number of nitrogens with zero attached hydrogens (tertiary/aromatic N) is 1. The van der Waals surface area contributed by atoms with E-state index in [4.69, 9.17) is 5.11 Å². The Balaban J connectivity index is 2.90. The molecule has 0 spiro atoms. The van der Waals surface area contributed by atoms with E-state index >= 15 is 0 Å². The minimum atomic E-state index is -0.284. The van der Waals surface area contributed by atoms with E-state index in [9.17, 15) is 9.59 Å². The van der Waals surface area contributed by atoms with Crippen molar-refractivity contribution in [3.05, 3.63) is 12.2 Å². The molecule has 84 valence electrons. The smallest absolute Gasteiger partial charge is 0.253 e. The number of carbonyl (C=O) groups excluding carboxylic acids is 2. The van der Waals surface area contributed by atoms with Crippen molar-refractivity contribution in [2.45, 2.75) is 33.2 Å². The fraction of sp³-hybridized carbons (Fsp3) is 0.636. The number of rotatable bonds is 3. The highest BCUT2D eigenvalue weighted by Gasteiger charge is 2.37. The monoisotopic (exact) mass is 211 g/mol. The lowest BCUT2D eigenvalue weighted by molar-refractivity contribution is -0.142. The van der Waals surface area contributed by atoms with Crippen molar-refractivity contribution in [3.63, 3.8) is 0 Å². The van der Waals surface area contributed by atoms with Crippen LogP contribution in [0.1, 0.15) is 27.2 Å². The number of hydrogen-bond acceptors (Lipinski definition) is 3. The number of aliphatic hydroxyl groups is 1. The Bertz CT molecular complexity index is 283. The molecule has 1 atom stereocenters. The van der Waals surface area contributed by atoms with Gasteiger partial charge in [-0.1, -0.05) is 20.8 Å². The van der Waals surface area contributed by atoms with Gasteiger partial charge in [-0.25, -0.2) is 0 Å². The van der Waals surface area contributed by atoms with Crippen molar-refractivity contribution >= 4 is 11.8 Å². The number of imide groups is 1. The Morgan fingerprint density at radius 2 is 1.73 bits per heavy atom. The molecule has 1 heterocycles. The van der Waals surface area contributed by atoms with Gasteiger partial charge < -0.3 is 5.11 Å². The first-order valence-corrected chi connectivity index (χ1v) is 5.04. The number of carbonyl (C=O) groups is 2. The maximum Gasteiger partial charge on any atom is 0.253 e. The third-order valence-electron chi connectivity index (χ3n) is 2.56. The zero-order chi connectivity index (χ0) is 11.6. The molecule has 1 rings (SSSR count). The van der Waals surface area contributed by atoms with Crippen LogP contribution in [0.3, 0.4) is 0 Å². The predicted molar refractivity (Wildman–Crippen MR) is 55.9 cm³/mol. The Hall–Kier alpha value is -1.16. The maximum atomic E-state index is 11.5. The van der Waals surface area contributed by atoms with Crippen LogP contribution < -0.4 is 0 Å². The highest BCUT2D eigenvalue weighted by atomic mass is 16.3. The fourth-order valence-electron chi connectivity index (χ4n) is 1.79. The predicted octanol–water partition coefficient (Wildman–Crippen LogP) is 0.708. The molecule has 2 amide bonds. The van der Waals surface area contributed by atoms with Crippen LogP contribution >= 0.6 is 0 Å². The summed E-state index contributed by atoms with van der Waals surface area (Å²) < 4.78 is 0. The molecule has 0 saturated heterocycles. The van der Waals surface area contributed by atoms with Gasteiger partial charge in [0.1, 0.15) is 0 Å². The normalized spacial score (nSPS) is 18.8. The van der Waals surface area contributed by atoms with Gasteiger partial charge in [-0.2, -0.15) is 0 Å². The van der Waals surface area contributed by atoms with E-state index in [0.717, 1.165) is 0 Å². The van der Waals surface area contributed by atoms with Gasteiger partial charge in [0.15, 0.2) is 0 Å². The molecule has 4 nitrogen and oxygen atoms in total. The SMILES string of the molecule is CC(C)(C)C(CCO)N1C(=O)C=CC1=O. The van der Waals surface area contributed by atoms with E-state index in [2.05, 4.69) is 0 Å². The summed E-state index contributed by atoms with van der Waals surface area (Å²) >= 11 is 0. The van der Waals surface area contributed by atoms with E-state index in [1.807, 2.05) is 20.8 Å². The molecule has 0 aromatic carbocycles. The Morgan fingerprint density at radius 1 is 1.27 bits per heavy atom. The number of hydrogen-bond donors (Lipinski definition) is 1. The molecule has 1 aliphatic rings. The van der Waals surface area contributed by atoms with Gasteiger partial charge >= 0.3 is 0 Å². The largest absolute Gasteiger partial charge is 0.396 e. The van der Waals surface area contributed by atoms with E-state index in [1.165, 1.54) is 17.1 Å². The number of aliphatic hydroxyl groups excluding tert-OH is 1. The quantitative estimate of drug-likeness (QED) is 0.699. The van der Waals surface area contributed by atoms with E-state index in [1.54, 1.807) is 0 Å². The van der Waals surface area contributed by atoms with Crippen LogP contribution in [0.15, 0.2) is 12.2 Å². The first-order valence-electron chi connectivity index (χ1n) is 5.04. The molecule has 0 aromatic rings. The van der Waals surface area contributed by atoms with Crippen molar-refractivity contribution in [3.8, 4) is 0 Å². The summed E-state index contributed by atoms with van der Waals surface area (Å²) in [6.07, 6.45) is 2.97. The summed E-state index contributed by atoms with van der Waals surface area (Å²) in [6, 6.07) is -0.252. The Kier molecular flexibility index (Phi) is 3.29. The lowest BCUT2D eigenvalue weighted by Gasteiger charge is -2.36. The standard InChI is InChI=1S/C11H17NO3/c1-11(2,3)8(6-7-13)12-9(14)4-5-10(12)15/h4-5,8,13H,6-7H2,1-3H3. The first-order chi connectivity index (χ1) is 6.88. The molecule has 1 N–H and O–H groups in total. The molecule has 4 heteroatoms. The highest BCUT2D eigenvalue weighted by Crippen LogP contribution is 2.28. The van der Waals surface area contributed by atoms with Crippen LogP contribution in [0, 0.1) is 5.41 Å². The Morgan fingerprint density at radius 3 is 2.07 bits per heavy atom. The van der Waals surface area contributed by atoms with Crippen LogP contribution in [0.2, 0.25) is 0 Å². The first kappa shape index (κ1) is 11.9. The minimum Gasteiger partial charge on any atom is -0.396 e. The van der Waals surface area contributed by atoms with Crippen LogP contribution in [-0.4, -0.2) is 34.5 Å². The van der Waals surface area contributed by atoms with Gasteiger partial charge in [0.25, 0.3) is 11.8 Å². The molecular weight excluding hydrogens is 194 g/mol. The lowest BCUT2D eigenvalue weighted by Crippen LogP contribution is -2.47. The van der Waals surface area contributed by atoms with E-state index in [-0.39, 0.29) is 29.9 Å². The lowest BCUT2D eigenvalue weighted by atomic mass is 9.84.